The molecule has 0 aliphatic heterocycles. The molecule has 0 atom stereocenters. The standard InChI is InChI=1S/C17H16O2/c18-17(19)16(13-15-9-5-2-6-10-15)12-11-14-7-3-1-4-8-14/h1-10,13H,11-12H2,(H,18,19)/b16-13-. The molecule has 0 radical (unpaired) electrons. The van der Waals surface area contributed by atoms with Crippen LogP contribution in [0.5, 0.6) is 0 Å². The fourth-order valence-electron chi connectivity index (χ4n) is 1.91. The molecule has 0 bridgehead atoms. The number of hydrogen-bond donors (Lipinski definition) is 1. The second kappa shape index (κ2) is 6.55. The number of aryl methyl sites for hydroxylation is 1. The highest BCUT2D eigenvalue weighted by molar-refractivity contribution is 5.92. The minimum Gasteiger partial charge on any atom is -0.478 e. The fourth-order valence-corrected chi connectivity index (χ4v) is 1.91. The quantitative estimate of drug-likeness (QED) is 0.822. The van der Waals surface area contributed by atoms with Crippen molar-refractivity contribution in [2.75, 3.05) is 0 Å². The summed E-state index contributed by atoms with van der Waals surface area (Å²) in [5.74, 6) is -0.847. The minimum absolute atomic E-state index is 0.440. The molecule has 0 aromatic heterocycles. The van der Waals surface area contributed by atoms with Gasteiger partial charge >= 0.3 is 5.97 Å². The Labute approximate surface area is 113 Å². The first kappa shape index (κ1) is 13.1. The first-order valence-corrected chi connectivity index (χ1v) is 6.28. The summed E-state index contributed by atoms with van der Waals surface area (Å²) < 4.78 is 0. The molecule has 2 aromatic carbocycles. The van der Waals surface area contributed by atoms with Crippen LogP contribution >= 0.6 is 0 Å². The Hall–Kier alpha value is -2.35. The number of rotatable bonds is 5. The number of carboxylic acids is 1. The zero-order valence-electron chi connectivity index (χ0n) is 10.6. The molecule has 0 heterocycles. The number of hydrogen-bond acceptors (Lipinski definition) is 1. The van der Waals surface area contributed by atoms with Gasteiger partial charge in [0.2, 0.25) is 0 Å². The smallest absolute Gasteiger partial charge is 0.331 e. The molecule has 1 N–H and O–H groups in total. The van der Waals surface area contributed by atoms with E-state index in [0.717, 1.165) is 17.5 Å². The van der Waals surface area contributed by atoms with E-state index in [1.165, 1.54) is 0 Å². The Morgan fingerprint density at radius 3 is 2.11 bits per heavy atom. The highest BCUT2D eigenvalue weighted by atomic mass is 16.4. The van der Waals surface area contributed by atoms with Crippen molar-refractivity contribution in [1.29, 1.82) is 0 Å². The summed E-state index contributed by atoms with van der Waals surface area (Å²) in [5, 5.41) is 9.24. The van der Waals surface area contributed by atoms with Crippen LogP contribution in [0.1, 0.15) is 17.5 Å². The lowest BCUT2D eigenvalue weighted by Crippen LogP contribution is -2.02. The molecule has 0 saturated carbocycles. The van der Waals surface area contributed by atoms with E-state index in [9.17, 15) is 9.90 Å². The van der Waals surface area contributed by atoms with E-state index < -0.39 is 5.97 Å². The van der Waals surface area contributed by atoms with Crippen LogP contribution in [0.2, 0.25) is 0 Å². The molecule has 0 amide bonds. The largest absolute Gasteiger partial charge is 0.478 e. The molecule has 96 valence electrons. The van der Waals surface area contributed by atoms with Gasteiger partial charge < -0.3 is 5.11 Å². The van der Waals surface area contributed by atoms with Gasteiger partial charge in [-0.3, -0.25) is 0 Å². The lowest BCUT2D eigenvalue weighted by atomic mass is 10.0. The van der Waals surface area contributed by atoms with E-state index in [4.69, 9.17) is 0 Å². The summed E-state index contributed by atoms with van der Waals surface area (Å²) in [6, 6.07) is 19.5. The van der Waals surface area contributed by atoms with Crippen LogP contribution in [-0.4, -0.2) is 11.1 Å². The number of carbonyl (C=O) groups is 1. The molecule has 2 aromatic rings. The van der Waals surface area contributed by atoms with Crippen molar-refractivity contribution in [3.8, 4) is 0 Å². The van der Waals surface area contributed by atoms with Gasteiger partial charge in [0.05, 0.1) is 0 Å². The highest BCUT2D eigenvalue weighted by Crippen LogP contribution is 2.13. The summed E-state index contributed by atoms with van der Waals surface area (Å²) >= 11 is 0. The van der Waals surface area contributed by atoms with Gasteiger partial charge in [-0.15, -0.1) is 0 Å². The van der Waals surface area contributed by atoms with Crippen molar-refractivity contribution in [2.24, 2.45) is 0 Å². The van der Waals surface area contributed by atoms with Gasteiger partial charge in [0.25, 0.3) is 0 Å². The van der Waals surface area contributed by atoms with E-state index >= 15 is 0 Å². The van der Waals surface area contributed by atoms with E-state index in [-0.39, 0.29) is 0 Å². The molecular formula is C17H16O2. The third kappa shape index (κ3) is 4.11. The summed E-state index contributed by atoms with van der Waals surface area (Å²) in [7, 11) is 0. The lowest BCUT2D eigenvalue weighted by Gasteiger charge is -2.03. The average Bonchev–Trinajstić information content (AvgIpc) is 2.45. The van der Waals surface area contributed by atoms with Crippen molar-refractivity contribution >= 4 is 12.0 Å². The SMILES string of the molecule is O=C(O)/C(=C\c1ccccc1)CCc1ccccc1. The third-order valence-corrected chi connectivity index (χ3v) is 2.94. The Morgan fingerprint density at radius 1 is 0.947 bits per heavy atom. The molecule has 0 aliphatic rings. The Bertz CT molecular complexity index is 556. The van der Waals surface area contributed by atoms with E-state index in [0.29, 0.717) is 12.0 Å². The van der Waals surface area contributed by atoms with Crippen LogP contribution in [0.25, 0.3) is 6.08 Å². The predicted molar refractivity (Wildman–Crippen MR) is 76.8 cm³/mol. The van der Waals surface area contributed by atoms with Gasteiger partial charge in [-0.1, -0.05) is 60.7 Å². The Kier molecular flexibility index (Phi) is 4.51. The monoisotopic (exact) mass is 252 g/mol. The molecule has 0 unspecified atom stereocenters. The predicted octanol–water partition coefficient (Wildman–Crippen LogP) is 3.79. The maximum atomic E-state index is 11.3. The zero-order valence-corrected chi connectivity index (χ0v) is 10.6. The van der Waals surface area contributed by atoms with Crippen molar-refractivity contribution in [3.63, 3.8) is 0 Å². The second-order valence-corrected chi connectivity index (χ2v) is 4.37. The van der Waals surface area contributed by atoms with Gasteiger partial charge in [-0.25, -0.2) is 4.79 Å². The van der Waals surface area contributed by atoms with Gasteiger partial charge in [0.1, 0.15) is 0 Å². The number of aliphatic carboxylic acids is 1. The molecule has 0 saturated heterocycles. The van der Waals surface area contributed by atoms with Crippen LogP contribution < -0.4 is 0 Å². The van der Waals surface area contributed by atoms with Crippen LogP contribution in [-0.2, 0) is 11.2 Å². The lowest BCUT2D eigenvalue weighted by molar-refractivity contribution is -0.132. The molecule has 2 heteroatoms. The van der Waals surface area contributed by atoms with Crippen molar-refractivity contribution in [1.82, 2.24) is 0 Å². The normalized spacial score (nSPS) is 11.3. The van der Waals surface area contributed by atoms with Gasteiger partial charge in [0.15, 0.2) is 0 Å². The van der Waals surface area contributed by atoms with Gasteiger partial charge in [0, 0.05) is 5.57 Å². The topological polar surface area (TPSA) is 37.3 Å². The molecule has 0 fully saturated rings. The Morgan fingerprint density at radius 2 is 1.53 bits per heavy atom. The molecule has 19 heavy (non-hydrogen) atoms. The van der Waals surface area contributed by atoms with E-state index in [1.54, 1.807) is 6.08 Å². The van der Waals surface area contributed by atoms with Crippen molar-refractivity contribution < 1.29 is 9.90 Å². The van der Waals surface area contributed by atoms with Gasteiger partial charge in [-0.2, -0.15) is 0 Å². The number of benzene rings is 2. The number of carboxylic acid groups (broad SMARTS) is 1. The maximum Gasteiger partial charge on any atom is 0.331 e. The first-order valence-electron chi connectivity index (χ1n) is 6.28. The summed E-state index contributed by atoms with van der Waals surface area (Å²) in [6.45, 7) is 0. The fraction of sp³-hybridized carbons (Fsp3) is 0.118. The highest BCUT2D eigenvalue weighted by Gasteiger charge is 2.07. The van der Waals surface area contributed by atoms with Crippen molar-refractivity contribution in [2.45, 2.75) is 12.8 Å². The van der Waals surface area contributed by atoms with E-state index in [2.05, 4.69) is 0 Å². The molecular weight excluding hydrogens is 236 g/mol. The van der Waals surface area contributed by atoms with Crippen LogP contribution in [0.4, 0.5) is 0 Å². The van der Waals surface area contributed by atoms with Gasteiger partial charge in [-0.05, 0) is 30.0 Å². The van der Waals surface area contributed by atoms with Crippen LogP contribution in [0, 0.1) is 0 Å². The Balaban J connectivity index is 2.09. The first-order chi connectivity index (χ1) is 9.25. The second-order valence-electron chi connectivity index (χ2n) is 4.37. The zero-order chi connectivity index (χ0) is 13.5. The average molecular weight is 252 g/mol. The summed E-state index contributed by atoms with van der Waals surface area (Å²) in [6.07, 6.45) is 3.02. The van der Waals surface area contributed by atoms with Crippen molar-refractivity contribution in [3.05, 3.63) is 77.4 Å². The summed E-state index contributed by atoms with van der Waals surface area (Å²) in [5.41, 5.74) is 2.52. The molecule has 2 nitrogen and oxygen atoms in total. The molecule has 0 aliphatic carbocycles. The molecule has 0 spiro atoms. The van der Waals surface area contributed by atoms with Crippen LogP contribution in [0.3, 0.4) is 0 Å². The summed E-state index contributed by atoms with van der Waals surface area (Å²) in [4.78, 5) is 11.3. The van der Waals surface area contributed by atoms with Crippen LogP contribution in [0.15, 0.2) is 66.2 Å². The van der Waals surface area contributed by atoms with E-state index in [1.807, 2.05) is 60.7 Å². The third-order valence-electron chi connectivity index (χ3n) is 2.94. The molecule has 2 rings (SSSR count). The maximum absolute atomic E-state index is 11.3. The minimum atomic E-state index is -0.847.